The summed E-state index contributed by atoms with van der Waals surface area (Å²) >= 11 is 3.82. The van der Waals surface area contributed by atoms with Crippen LogP contribution in [0.1, 0.15) is 33.7 Å². The molecule has 0 spiro atoms. The van der Waals surface area contributed by atoms with Crippen molar-refractivity contribution < 1.29 is 0 Å². The second kappa shape index (κ2) is 12.6. The molecule has 0 bridgehead atoms. The Morgan fingerprint density at radius 2 is 1.08 bits per heavy atom. The van der Waals surface area contributed by atoms with Gasteiger partial charge < -0.3 is 4.90 Å². The van der Waals surface area contributed by atoms with Crippen molar-refractivity contribution in [2.24, 2.45) is 0 Å². The summed E-state index contributed by atoms with van der Waals surface area (Å²) in [6.45, 7) is 4.30. The molecule has 0 saturated carbocycles. The minimum absolute atomic E-state index is 0.166. The SMILES string of the molecule is Cc1ccc(C(c2ccccc2)c2ccc3c(c2)Sc2cccc4c2c-3cc2sc3cc(N(c5ccccc5)c5ccc(C)cc5)ccc3c24)cc1. The van der Waals surface area contributed by atoms with Crippen LogP contribution in [0.2, 0.25) is 0 Å². The van der Waals surface area contributed by atoms with Gasteiger partial charge in [0.2, 0.25) is 0 Å². The number of thiophene rings is 1. The molecule has 0 saturated heterocycles. The van der Waals surface area contributed by atoms with E-state index in [1.807, 2.05) is 23.1 Å². The highest BCUT2D eigenvalue weighted by Gasteiger charge is 2.25. The third-order valence-electron chi connectivity index (χ3n) is 10.5. The molecular formula is C49H35NS2. The highest BCUT2D eigenvalue weighted by atomic mass is 32.2. The molecular weight excluding hydrogens is 667 g/mol. The maximum Gasteiger partial charge on any atom is 0.0476 e. The Morgan fingerprint density at radius 1 is 0.423 bits per heavy atom. The van der Waals surface area contributed by atoms with Gasteiger partial charge in [-0.25, -0.2) is 0 Å². The van der Waals surface area contributed by atoms with Crippen LogP contribution in [0.25, 0.3) is 42.1 Å². The molecule has 9 aromatic rings. The van der Waals surface area contributed by atoms with Crippen LogP contribution in [-0.4, -0.2) is 0 Å². The van der Waals surface area contributed by atoms with Crippen LogP contribution in [0.4, 0.5) is 17.1 Å². The van der Waals surface area contributed by atoms with E-state index in [9.17, 15) is 0 Å². The molecule has 1 aromatic heterocycles. The summed E-state index contributed by atoms with van der Waals surface area (Å²) in [4.78, 5) is 5.02. The van der Waals surface area contributed by atoms with E-state index >= 15 is 0 Å². The summed E-state index contributed by atoms with van der Waals surface area (Å²) in [6, 6.07) is 63.0. The van der Waals surface area contributed by atoms with Gasteiger partial charge in [-0.15, -0.1) is 11.3 Å². The zero-order valence-electron chi connectivity index (χ0n) is 29.0. The minimum atomic E-state index is 0.166. The number of hydrogen-bond donors (Lipinski definition) is 0. The van der Waals surface area contributed by atoms with Crippen LogP contribution in [0.5, 0.6) is 0 Å². The van der Waals surface area contributed by atoms with Crippen LogP contribution in [0, 0.1) is 13.8 Å². The second-order valence-electron chi connectivity index (χ2n) is 13.9. The van der Waals surface area contributed by atoms with Gasteiger partial charge in [-0.05, 0) is 102 Å². The zero-order valence-corrected chi connectivity index (χ0v) is 30.6. The summed E-state index contributed by atoms with van der Waals surface area (Å²) in [6.07, 6.45) is 0. The Balaban J connectivity index is 1.12. The lowest BCUT2D eigenvalue weighted by Crippen LogP contribution is -2.09. The molecule has 1 unspecified atom stereocenters. The number of anilines is 3. The lowest BCUT2D eigenvalue weighted by molar-refractivity contribution is 0.969. The fraction of sp³-hybridized carbons (Fsp3) is 0.0612. The molecule has 1 nitrogen and oxygen atoms in total. The molecule has 10 rings (SSSR count). The Bertz CT molecular complexity index is 2760. The lowest BCUT2D eigenvalue weighted by atomic mass is 9.84. The highest BCUT2D eigenvalue weighted by molar-refractivity contribution is 7.99. The average molecular weight is 702 g/mol. The summed E-state index contributed by atoms with van der Waals surface area (Å²) < 4.78 is 2.63. The van der Waals surface area contributed by atoms with Gasteiger partial charge in [0.25, 0.3) is 0 Å². The molecule has 1 atom stereocenters. The fourth-order valence-electron chi connectivity index (χ4n) is 7.98. The van der Waals surface area contributed by atoms with Crippen molar-refractivity contribution in [1.29, 1.82) is 0 Å². The van der Waals surface area contributed by atoms with Crippen LogP contribution < -0.4 is 4.90 Å². The standard InChI is InChI=1S/C49H35NS2/c1-31-16-20-34(21-17-31)47(33-10-5-3-6-11-33)35-22-26-39-42-30-46-48(41-14-9-15-43(49(41)42)51-44(39)28-35)40-27-25-38(29-45(40)52-46)50(36-12-7-4-8-13-36)37-23-18-32(2)19-24-37/h3-30,47H,1-2H3. The number of benzene rings is 8. The molecule has 0 radical (unpaired) electrons. The number of para-hydroxylation sites is 1. The van der Waals surface area contributed by atoms with Crippen LogP contribution >= 0.6 is 23.1 Å². The molecule has 0 N–H and O–H groups in total. The Morgan fingerprint density at radius 3 is 1.85 bits per heavy atom. The molecule has 1 aliphatic rings. The van der Waals surface area contributed by atoms with Crippen LogP contribution in [-0.2, 0) is 0 Å². The van der Waals surface area contributed by atoms with Gasteiger partial charge in [0.15, 0.2) is 0 Å². The molecule has 0 aliphatic carbocycles. The first kappa shape index (κ1) is 31.2. The van der Waals surface area contributed by atoms with Gasteiger partial charge in [-0.3, -0.25) is 0 Å². The highest BCUT2D eigenvalue weighted by Crippen LogP contribution is 2.53. The number of aryl methyl sites for hydroxylation is 2. The molecule has 0 fully saturated rings. The largest absolute Gasteiger partial charge is 0.310 e. The summed E-state index contributed by atoms with van der Waals surface area (Å²) in [5.41, 5.74) is 12.6. The summed E-state index contributed by atoms with van der Waals surface area (Å²) in [7, 11) is 0. The lowest BCUT2D eigenvalue weighted by Gasteiger charge is -2.25. The van der Waals surface area contributed by atoms with E-state index in [1.54, 1.807) is 0 Å². The second-order valence-corrected chi connectivity index (χ2v) is 16.0. The Labute approximate surface area is 312 Å². The average Bonchev–Trinajstić information content (AvgIpc) is 3.55. The first-order valence-electron chi connectivity index (χ1n) is 17.9. The van der Waals surface area contributed by atoms with Gasteiger partial charge in [-0.1, -0.05) is 138 Å². The molecule has 3 heteroatoms. The van der Waals surface area contributed by atoms with E-state index in [2.05, 4.69) is 189 Å². The van der Waals surface area contributed by atoms with E-state index in [0.717, 1.165) is 11.4 Å². The molecule has 2 heterocycles. The van der Waals surface area contributed by atoms with Crippen molar-refractivity contribution in [2.45, 2.75) is 29.6 Å². The quantitative estimate of drug-likeness (QED) is 0.159. The third kappa shape index (κ3) is 5.23. The van der Waals surface area contributed by atoms with Gasteiger partial charge in [0.05, 0.1) is 0 Å². The molecule has 0 amide bonds. The zero-order chi connectivity index (χ0) is 34.8. The molecule has 1 aliphatic heterocycles. The first-order chi connectivity index (χ1) is 25.6. The van der Waals surface area contributed by atoms with Crippen molar-refractivity contribution in [3.05, 3.63) is 198 Å². The monoisotopic (exact) mass is 701 g/mol. The summed E-state index contributed by atoms with van der Waals surface area (Å²) in [5.74, 6) is 0.166. The number of fused-ring (bicyclic) bond motifs is 6. The van der Waals surface area contributed by atoms with E-state index in [-0.39, 0.29) is 5.92 Å². The van der Waals surface area contributed by atoms with Crippen LogP contribution in [0.3, 0.4) is 0 Å². The van der Waals surface area contributed by atoms with E-state index < -0.39 is 0 Å². The van der Waals surface area contributed by atoms with E-state index in [1.165, 1.54) is 85.4 Å². The topological polar surface area (TPSA) is 3.24 Å². The molecule has 248 valence electrons. The predicted octanol–water partition coefficient (Wildman–Crippen LogP) is 14.6. The summed E-state index contributed by atoms with van der Waals surface area (Å²) in [5, 5.41) is 5.39. The Hall–Kier alpha value is -5.61. The van der Waals surface area contributed by atoms with Gasteiger partial charge in [0.1, 0.15) is 0 Å². The predicted molar refractivity (Wildman–Crippen MR) is 224 cm³/mol. The third-order valence-corrected chi connectivity index (χ3v) is 12.7. The fourth-order valence-corrected chi connectivity index (χ4v) is 10.4. The van der Waals surface area contributed by atoms with Crippen LogP contribution in [0.15, 0.2) is 180 Å². The van der Waals surface area contributed by atoms with Crippen molar-refractivity contribution in [3.63, 3.8) is 0 Å². The van der Waals surface area contributed by atoms with Crippen molar-refractivity contribution in [2.75, 3.05) is 4.90 Å². The van der Waals surface area contributed by atoms with Gasteiger partial charge in [0, 0.05) is 58.3 Å². The molecule has 8 aromatic carbocycles. The maximum atomic E-state index is 2.47. The number of nitrogens with zero attached hydrogens (tertiary/aromatic N) is 1. The number of rotatable bonds is 6. The number of hydrogen-bond acceptors (Lipinski definition) is 3. The van der Waals surface area contributed by atoms with Gasteiger partial charge >= 0.3 is 0 Å². The van der Waals surface area contributed by atoms with E-state index in [0.29, 0.717) is 0 Å². The minimum Gasteiger partial charge on any atom is -0.310 e. The van der Waals surface area contributed by atoms with Crippen molar-refractivity contribution in [1.82, 2.24) is 0 Å². The molecule has 52 heavy (non-hydrogen) atoms. The van der Waals surface area contributed by atoms with Gasteiger partial charge in [-0.2, -0.15) is 0 Å². The first-order valence-corrected chi connectivity index (χ1v) is 19.5. The van der Waals surface area contributed by atoms with Crippen molar-refractivity contribution in [3.8, 4) is 11.1 Å². The normalized spacial score (nSPS) is 12.7. The maximum absolute atomic E-state index is 2.47. The Kier molecular flexibility index (Phi) is 7.52. The smallest absolute Gasteiger partial charge is 0.0476 e. The van der Waals surface area contributed by atoms with E-state index in [4.69, 9.17) is 0 Å². The van der Waals surface area contributed by atoms with Crippen molar-refractivity contribution >= 4 is 71.1 Å².